The van der Waals surface area contributed by atoms with Crippen molar-refractivity contribution in [3.63, 3.8) is 0 Å². The van der Waals surface area contributed by atoms with Gasteiger partial charge in [-0.2, -0.15) is 5.26 Å². The fraction of sp³-hybridized carbons (Fsp3) is 0.321. The van der Waals surface area contributed by atoms with E-state index in [9.17, 15) is 14.9 Å². The molecule has 1 aliphatic heterocycles. The first-order valence-electron chi connectivity index (χ1n) is 11.5. The number of nitriles is 1. The molecule has 0 radical (unpaired) electrons. The van der Waals surface area contributed by atoms with E-state index < -0.39 is 11.0 Å². The molecule has 0 aliphatic carbocycles. The standard InChI is InChI=1S/C28H29N3O3/c1-20(21-9-11-22(12-10-21)23-13-14-25(32)30-17-23)31-16-15-28(34-26(31)33,18-27(2,3)19-29)24-7-5-4-6-8-24/h4-14,17,20H,15-16,18H2,1-3H3,(H,30,32). The van der Waals surface area contributed by atoms with Gasteiger partial charge >= 0.3 is 6.09 Å². The molecule has 4 rings (SSSR count). The number of hydrogen-bond donors (Lipinski definition) is 1. The molecule has 1 aliphatic rings. The van der Waals surface area contributed by atoms with Crippen LogP contribution in [0.4, 0.5) is 4.79 Å². The Morgan fingerprint density at radius 1 is 1.06 bits per heavy atom. The summed E-state index contributed by atoms with van der Waals surface area (Å²) in [7, 11) is 0. The molecule has 34 heavy (non-hydrogen) atoms. The molecule has 1 saturated heterocycles. The average molecular weight is 456 g/mol. The quantitative estimate of drug-likeness (QED) is 0.510. The summed E-state index contributed by atoms with van der Waals surface area (Å²) in [5.41, 5.74) is 2.21. The van der Waals surface area contributed by atoms with Crippen molar-refractivity contribution >= 4 is 6.09 Å². The Bertz CT molecular complexity index is 1240. The van der Waals surface area contributed by atoms with E-state index in [1.165, 1.54) is 6.07 Å². The number of nitrogens with one attached hydrogen (secondary N) is 1. The molecule has 1 aromatic heterocycles. The lowest BCUT2D eigenvalue weighted by Gasteiger charge is -2.45. The van der Waals surface area contributed by atoms with Crippen LogP contribution in [-0.4, -0.2) is 22.5 Å². The Morgan fingerprint density at radius 3 is 2.32 bits per heavy atom. The van der Waals surface area contributed by atoms with E-state index in [-0.39, 0.29) is 17.7 Å². The number of nitrogens with zero attached hydrogens (tertiary/aromatic N) is 2. The summed E-state index contributed by atoms with van der Waals surface area (Å²) < 4.78 is 6.16. The predicted octanol–water partition coefficient (Wildman–Crippen LogP) is 5.78. The van der Waals surface area contributed by atoms with Gasteiger partial charge in [0, 0.05) is 31.6 Å². The van der Waals surface area contributed by atoms with Crippen molar-refractivity contribution in [3.05, 3.63) is 94.4 Å². The second-order valence-electron chi connectivity index (χ2n) is 9.58. The van der Waals surface area contributed by atoms with Gasteiger partial charge < -0.3 is 14.6 Å². The number of amides is 1. The minimum Gasteiger partial charge on any atom is -0.438 e. The molecule has 0 spiro atoms. The third-order valence-corrected chi connectivity index (χ3v) is 6.58. The molecule has 1 amide bonds. The first kappa shape index (κ1) is 23.3. The Morgan fingerprint density at radius 2 is 1.74 bits per heavy atom. The second-order valence-corrected chi connectivity index (χ2v) is 9.58. The SMILES string of the molecule is CC(c1ccc(-c2ccc(=O)[nH]c2)cc1)N1CCC(CC(C)(C)C#N)(c2ccccc2)OC1=O. The van der Waals surface area contributed by atoms with Crippen molar-refractivity contribution in [2.45, 2.75) is 45.3 Å². The summed E-state index contributed by atoms with van der Waals surface area (Å²) in [5, 5.41) is 9.64. The van der Waals surface area contributed by atoms with Crippen LogP contribution in [-0.2, 0) is 10.3 Å². The fourth-order valence-electron chi connectivity index (χ4n) is 4.67. The van der Waals surface area contributed by atoms with Crippen LogP contribution < -0.4 is 5.56 Å². The summed E-state index contributed by atoms with van der Waals surface area (Å²) in [6.07, 6.45) is 2.35. The van der Waals surface area contributed by atoms with Crippen LogP contribution in [0.25, 0.3) is 11.1 Å². The highest BCUT2D eigenvalue weighted by molar-refractivity contribution is 5.70. The van der Waals surface area contributed by atoms with Crippen molar-refractivity contribution in [2.24, 2.45) is 5.41 Å². The van der Waals surface area contributed by atoms with Gasteiger partial charge in [-0.25, -0.2) is 4.79 Å². The maximum Gasteiger partial charge on any atom is 0.411 e. The van der Waals surface area contributed by atoms with Crippen LogP contribution in [0.1, 0.15) is 50.8 Å². The van der Waals surface area contributed by atoms with Gasteiger partial charge in [-0.1, -0.05) is 54.6 Å². The highest BCUT2D eigenvalue weighted by atomic mass is 16.6. The molecule has 6 heteroatoms. The zero-order valence-electron chi connectivity index (χ0n) is 19.7. The summed E-state index contributed by atoms with van der Waals surface area (Å²) in [6.45, 7) is 6.28. The van der Waals surface area contributed by atoms with Gasteiger partial charge in [0.1, 0.15) is 5.60 Å². The lowest BCUT2D eigenvalue weighted by molar-refractivity contribution is -0.0770. The summed E-state index contributed by atoms with van der Waals surface area (Å²) in [4.78, 5) is 29.0. The van der Waals surface area contributed by atoms with Gasteiger partial charge in [0.15, 0.2) is 0 Å². The minimum absolute atomic E-state index is 0.137. The van der Waals surface area contributed by atoms with E-state index in [2.05, 4.69) is 11.1 Å². The van der Waals surface area contributed by atoms with Crippen LogP contribution in [0.15, 0.2) is 77.7 Å². The van der Waals surface area contributed by atoms with E-state index in [1.54, 1.807) is 17.2 Å². The molecule has 2 atom stereocenters. The van der Waals surface area contributed by atoms with Crippen LogP contribution >= 0.6 is 0 Å². The molecular formula is C28H29N3O3. The average Bonchev–Trinajstić information content (AvgIpc) is 2.85. The smallest absolute Gasteiger partial charge is 0.411 e. The number of aromatic amines is 1. The number of pyridine rings is 1. The molecule has 1 fully saturated rings. The number of ether oxygens (including phenoxy) is 1. The maximum absolute atomic E-state index is 13.3. The van der Waals surface area contributed by atoms with Crippen LogP contribution in [0.3, 0.4) is 0 Å². The molecular weight excluding hydrogens is 426 g/mol. The Balaban J connectivity index is 1.55. The molecule has 0 saturated carbocycles. The molecule has 2 heterocycles. The molecule has 3 aromatic rings. The topological polar surface area (TPSA) is 86.2 Å². The van der Waals surface area contributed by atoms with E-state index in [1.807, 2.05) is 75.4 Å². The number of carbonyl (C=O) groups excluding carboxylic acids is 1. The number of cyclic esters (lactones) is 1. The van der Waals surface area contributed by atoms with Crippen molar-refractivity contribution in [2.75, 3.05) is 6.54 Å². The van der Waals surface area contributed by atoms with Gasteiger partial charge in [-0.15, -0.1) is 0 Å². The van der Waals surface area contributed by atoms with Crippen molar-refractivity contribution < 1.29 is 9.53 Å². The normalized spacial score (nSPS) is 19.2. The Labute approximate surface area is 199 Å². The minimum atomic E-state index is -0.831. The third kappa shape index (κ3) is 4.74. The lowest BCUT2D eigenvalue weighted by Crippen LogP contribution is -2.50. The second kappa shape index (κ2) is 9.18. The number of H-pyrrole nitrogens is 1. The van der Waals surface area contributed by atoms with Crippen molar-refractivity contribution in [1.82, 2.24) is 9.88 Å². The van der Waals surface area contributed by atoms with Crippen LogP contribution in [0.2, 0.25) is 0 Å². The Kier molecular flexibility index (Phi) is 6.30. The first-order valence-corrected chi connectivity index (χ1v) is 11.5. The zero-order chi connectivity index (χ0) is 24.3. The number of hydrogen-bond acceptors (Lipinski definition) is 4. The molecule has 0 bridgehead atoms. The number of aromatic nitrogens is 1. The van der Waals surface area contributed by atoms with Crippen LogP contribution in [0, 0.1) is 16.7 Å². The number of carbonyl (C=O) groups is 1. The molecule has 174 valence electrons. The molecule has 2 unspecified atom stereocenters. The van der Waals surface area contributed by atoms with Crippen molar-refractivity contribution in [3.8, 4) is 17.2 Å². The fourth-order valence-corrected chi connectivity index (χ4v) is 4.67. The van der Waals surface area contributed by atoms with Gasteiger partial charge in [0.2, 0.25) is 5.56 Å². The van der Waals surface area contributed by atoms with Gasteiger partial charge in [0.05, 0.1) is 17.5 Å². The zero-order valence-corrected chi connectivity index (χ0v) is 19.7. The summed E-state index contributed by atoms with van der Waals surface area (Å²) in [6, 6.07) is 23.2. The largest absolute Gasteiger partial charge is 0.438 e. The van der Waals surface area contributed by atoms with E-state index in [4.69, 9.17) is 4.74 Å². The summed E-state index contributed by atoms with van der Waals surface area (Å²) >= 11 is 0. The predicted molar refractivity (Wildman–Crippen MR) is 131 cm³/mol. The van der Waals surface area contributed by atoms with Crippen molar-refractivity contribution in [1.29, 1.82) is 5.26 Å². The third-order valence-electron chi connectivity index (χ3n) is 6.58. The lowest BCUT2D eigenvalue weighted by atomic mass is 9.75. The van der Waals surface area contributed by atoms with E-state index in [0.29, 0.717) is 19.4 Å². The number of rotatable bonds is 6. The summed E-state index contributed by atoms with van der Waals surface area (Å²) in [5.74, 6) is 0. The Hall–Kier alpha value is -3.85. The first-order chi connectivity index (χ1) is 16.2. The van der Waals surface area contributed by atoms with Gasteiger partial charge in [-0.05, 0) is 49.1 Å². The molecule has 1 N–H and O–H groups in total. The maximum atomic E-state index is 13.3. The molecule has 2 aromatic carbocycles. The van der Waals surface area contributed by atoms with E-state index in [0.717, 1.165) is 22.3 Å². The highest BCUT2D eigenvalue weighted by Gasteiger charge is 2.46. The highest BCUT2D eigenvalue weighted by Crippen LogP contribution is 2.44. The van der Waals surface area contributed by atoms with Crippen LogP contribution in [0.5, 0.6) is 0 Å². The van der Waals surface area contributed by atoms with Gasteiger partial charge in [-0.3, -0.25) is 4.79 Å². The van der Waals surface area contributed by atoms with E-state index >= 15 is 0 Å². The number of benzene rings is 2. The monoisotopic (exact) mass is 455 g/mol. The van der Waals surface area contributed by atoms with Gasteiger partial charge in [0.25, 0.3) is 0 Å². The molecule has 6 nitrogen and oxygen atoms in total.